The summed E-state index contributed by atoms with van der Waals surface area (Å²) in [5.41, 5.74) is 1.24. The summed E-state index contributed by atoms with van der Waals surface area (Å²) in [5.74, 6) is -1.21. The number of benzene rings is 1. The van der Waals surface area contributed by atoms with Crippen molar-refractivity contribution in [2.75, 3.05) is 6.61 Å². The molecule has 2 aromatic heterocycles. The predicted octanol–water partition coefficient (Wildman–Crippen LogP) is 2.02. The molecule has 0 aliphatic carbocycles. The van der Waals surface area contributed by atoms with Gasteiger partial charge in [0.2, 0.25) is 5.88 Å². The third-order valence-corrected chi connectivity index (χ3v) is 2.81. The molecule has 0 unspecified atom stereocenters. The number of aromatic nitrogens is 4. The van der Waals surface area contributed by atoms with E-state index in [1.54, 1.807) is 16.8 Å². The van der Waals surface area contributed by atoms with E-state index in [1.165, 1.54) is 12.4 Å². The highest BCUT2D eigenvalue weighted by Crippen LogP contribution is 2.12. The molecule has 0 saturated heterocycles. The lowest BCUT2D eigenvalue weighted by atomic mass is 10.1. The molecule has 3 aromatic rings. The van der Waals surface area contributed by atoms with Crippen molar-refractivity contribution in [3.05, 3.63) is 54.1 Å². The molecule has 1 aromatic carbocycles. The number of nitrogens with zero attached hydrogens (tertiary/aromatic N) is 4. The van der Waals surface area contributed by atoms with Crippen molar-refractivity contribution in [3.63, 3.8) is 0 Å². The van der Waals surface area contributed by atoms with Crippen LogP contribution in [0.1, 0.15) is 5.56 Å². The van der Waals surface area contributed by atoms with E-state index in [-0.39, 0.29) is 0 Å². The number of halogens is 2. The van der Waals surface area contributed by atoms with Gasteiger partial charge in [0, 0.05) is 6.42 Å². The van der Waals surface area contributed by atoms with E-state index in [9.17, 15) is 8.78 Å². The maximum Gasteiger partial charge on any atom is 0.219 e. The highest BCUT2D eigenvalue weighted by atomic mass is 19.2. The molecule has 0 spiro atoms. The molecular weight excluding hydrogens is 266 g/mol. The van der Waals surface area contributed by atoms with Crippen LogP contribution in [0.3, 0.4) is 0 Å². The summed E-state index contributed by atoms with van der Waals surface area (Å²) in [4.78, 5) is 3.98. The fourth-order valence-electron chi connectivity index (χ4n) is 1.81. The van der Waals surface area contributed by atoms with Gasteiger partial charge in [0.15, 0.2) is 17.3 Å². The molecule has 0 aliphatic heterocycles. The minimum atomic E-state index is -0.856. The van der Waals surface area contributed by atoms with Gasteiger partial charge in [-0.1, -0.05) is 6.07 Å². The normalized spacial score (nSPS) is 10.9. The zero-order valence-electron chi connectivity index (χ0n) is 10.3. The largest absolute Gasteiger partial charge is 0.477 e. The molecule has 0 aliphatic rings. The Labute approximate surface area is 112 Å². The first-order valence-corrected chi connectivity index (χ1v) is 5.94. The first-order valence-electron chi connectivity index (χ1n) is 5.94. The lowest BCUT2D eigenvalue weighted by molar-refractivity contribution is 0.304. The summed E-state index contributed by atoms with van der Waals surface area (Å²) in [6.45, 7) is 0.310. The van der Waals surface area contributed by atoms with E-state index >= 15 is 0 Å². The number of hydrogen-bond donors (Lipinski definition) is 0. The van der Waals surface area contributed by atoms with Crippen LogP contribution in [0.2, 0.25) is 0 Å². The number of hydrogen-bond acceptors (Lipinski definition) is 4. The maximum absolute atomic E-state index is 13.0. The zero-order valence-corrected chi connectivity index (χ0v) is 10.3. The second kappa shape index (κ2) is 5.20. The molecule has 20 heavy (non-hydrogen) atoms. The average molecular weight is 276 g/mol. The third-order valence-electron chi connectivity index (χ3n) is 2.81. The second-order valence-electron chi connectivity index (χ2n) is 4.15. The standard InChI is InChI=1S/C13H10F2N4O/c14-10-2-1-9(5-11(10)15)3-4-20-13-7-16-6-12-18-17-8-19(12)13/h1-2,5-8H,3-4H2. The van der Waals surface area contributed by atoms with Gasteiger partial charge >= 0.3 is 0 Å². The molecule has 5 nitrogen and oxygen atoms in total. The molecule has 0 radical (unpaired) electrons. The summed E-state index contributed by atoms with van der Waals surface area (Å²) < 4.78 is 33.0. The van der Waals surface area contributed by atoms with Crippen LogP contribution >= 0.6 is 0 Å². The zero-order chi connectivity index (χ0) is 13.9. The molecule has 7 heteroatoms. The van der Waals surface area contributed by atoms with Gasteiger partial charge in [-0.2, -0.15) is 0 Å². The summed E-state index contributed by atoms with van der Waals surface area (Å²) in [7, 11) is 0. The van der Waals surface area contributed by atoms with Crippen molar-refractivity contribution in [2.45, 2.75) is 6.42 Å². The van der Waals surface area contributed by atoms with Crippen LogP contribution in [0.15, 0.2) is 36.9 Å². The van der Waals surface area contributed by atoms with Gasteiger partial charge in [-0.3, -0.25) is 4.98 Å². The Hall–Kier alpha value is -2.57. The summed E-state index contributed by atoms with van der Waals surface area (Å²) in [6.07, 6.45) is 5.08. The topological polar surface area (TPSA) is 52.3 Å². The quantitative estimate of drug-likeness (QED) is 0.731. The fraction of sp³-hybridized carbons (Fsp3) is 0.154. The van der Waals surface area contributed by atoms with Crippen molar-refractivity contribution >= 4 is 5.65 Å². The van der Waals surface area contributed by atoms with Crippen LogP contribution < -0.4 is 4.74 Å². The Bertz CT molecular complexity index is 744. The van der Waals surface area contributed by atoms with E-state index in [0.29, 0.717) is 30.1 Å². The Kier molecular flexibility index (Phi) is 3.24. The highest BCUT2D eigenvalue weighted by molar-refractivity contribution is 5.36. The van der Waals surface area contributed by atoms with Crippen molar-refractivity contribution < 1.29 is 13.5 Å². The molecule has 3 rings (SSSR count). The van der Waals surface area contributed by atoms with Crippen LogP contribution in [-0.2, 0) is 6.42 Å². The van der Waals surface area contributed by atoms with Gasteiger partial charge in [-0.05, 0) is 17.7 Å². The maximum atomic E-state index is 13.0. The lowest BCUT2D eigenvalue weighted by Crippen LogP contribution is -2.05. The van der Waals surface area contributed by atoms with Gasteiger partial charge in [-0.25, -0.2) is 13.2 Å². The third kappa shape index (κ3) is 2.42. The molecule has 2 heterocycles. The number of ether oxygens (including phenoxy) is 1. The minimum absolute atomic E-state index is 0.310. The van der Waals surface area contributed by atoms with Gasteiger partial charge in [0.05, 0.1) is 19.0 Å². The molecule has 0 fully saturated rings. The highest BCUT2D eigenvalue weighted by Gasteiger charge is 2.05. The predicted molar refractivity (Wildman–Crippen MR) is 66.3 cm³/mol. The first-order chi connectivity index (χ1) is 9.74. The van der Waals surface area contributed by atoms with E-state index in [2.05, 4.69) is 15.2 Å². The van der Waals surface area contributed by atoms with E-state index in [4.69, 9.17) is 4.74 Å². The Morgan fingerprint density at radius 3 is 2.90 bits per heavy atom. The van der Waals surface area contributed by atoms with E-state index in [1.807, 2.05) is 0 Å². The van der Waals surface area contributed by atoms with Crippen LogP contribution in [0.5, 0.6) is 5.88 Å². The van der Waals surface area contributed by atoms with E-state index in [0.717, 1.165) is 12.1 Å². The van der Waals surface area contributed by atoms with Crippen LogP contribution in [0.4, 0.5) is 8.78 Å². The van der Waals surface area contributed by atoms with Crippen molar-refractivity contribution in [1.29, 1.82) is 0 Å². The van der Waals surface area contributed by atoms with Crippen molar-refractivity contribution in [3.8, 4) is 5.88 Å². The second-order valence-corrected chi connectivity index (χ2v) is 4.15. The number of fused-ring (bicyclic) bond motifs is 1. The first kappa shape index (κ1) is 12.5. The lowest BCUT2D eigenvalue weighted by Gasteiger charge is -2.07. The summed E-state index contributed by atoms with van der Waals surface area (Å²) in [5, 5.41) is 7.60. The molecule has 0 N–H and O–H groups in total. The number of rotatable bonds is 4. The Morgan fingerprint density at radius 2 is 2.05 bits per heavy atom. The summed E-state index contributed by atoms with van der Waals surface area (Å²) >= 11 is 0. The van der Waals surface area contributed by atoms with Gasteiger partial charge < -0.3 is 4.74 Å². The Balaban J connectivity index is 1.68. The smallest absolute Gasteiger partial charge is 0.219 e. The molecule has 102 valence electrons. The van der Waals surface area contributed by atoms with Crippen LogP contribution in [0, 0.1) is 11.6 Å². The van der Waals surface area contributed by atoms with Crippen LogP contribution in [0.25, 0.3) is 5.65 Å². The summed E-state index contributed by atoms with van der Waals surface area (Å²) in [6, 6.07) is 3.79. The molecule has 0 atom stereocenters. The molecule has 0 bridgehead atoms. The van der Waals surface area contributed by atoms with Crippen LogP contribution in [-0.4, -0.2) is 26.2 Å². The van der Waals surface area contributed by atoms with E-state index < -0.39 is 11.6 Å². The molecule has 0 amide bonds. The Morgan fingerprint density at radius 1 is 1.15 bits per heavy atom. The fourth-order valence-corrected chi connectivity index (χ4v) is 1.81. The van der Waals surface area contributed by atoms with Gasteiger partial charge in [0.1, 0.15) is 6.33 Å². The van der Waals surface area contributed by atoms with Crippen molar-refractivity contribution in [1.82, 2.24) is 19.6 Å². The average Bonchev–Trinajstić information content (AvgIpc) is 2.92. The molecular formula is C13H10F2N4O. The molecule has 0 saturated carbocycles. The minimum Gasteiger partial charge on any atom is -0.477 e. The SMILES string of the molecule is Fc1ccc(CCOc2cncc3nncn23)cc1F. The van der Waals surface area contributed by atoms with Gasteiger partial charge in [0.25, 0.3) is 0 Å². The van der Waals surface area contributed by atoms with Gasteiger partial charge in [-0.15, -0.1) is 10.2 Å². The van der Waals surface area contributed by atoms with Crippen molar-refractivity contribution in [2.24, 2.45) is 0 Å². The monoisotopic (exact) mass is 276 g/mol.